The summed E-state index contributed by atoms with van der Waals surface area (Å²) < 4.78 is 31.6. The van der Waals surface area contributed by atoms with Crippen molar-refractivity contribution < 1.29 is 16.5 Å². The molecule has 0 aromatic carbocycles. The van der Waals surface area contributed by atoms with Crippen molar-refractivity contribution in [3.63, 3.8) is 0 Å². The van der Waals surface area contributed by atoms with E-state index in [0.717, 1.165) is 23.7 Å². The third kappa shape index (κ3) is 8.26. The minimum absolute atomic E-state index is 0.557. The highest BCUT2D eigenvalue weighted by Crippen LogP contribution is 2.64. The van der Waals surface area contributed by atoms with Crippen LogP contribution in [0.2, 0.25) is 22.2 Å². The Labute approximate surface area is 305 Å². The lowest BCUT2D eigenvalue weighted by Gasteiger charge is -2.61. The van der Waals surface area contributed by atoms with E-state index < -0.39 is 37.1 Å². The van der Waals surface area contributed by atoms with E-state index in [1.807, 2.05) is 0 Å². The molecule has 0 aromatic heterocycles. The van der Waals surface area contributed by atoms with E-state index in [0.29, 0.717) is 69.5 Å². The molecule has 0 amide bonds. The molecule has 4 saturated carbocycles. The van der Waals surface area contributed by atoms with Crippen molar-refractivity contribution in [1.29, 1.82) is 0 Å². The van der Waals surface area contributed by atoms with Crippen molar-refractivity contribution in [2.75, 3.05) is 0 Å². The van der Waals surface area contributed by atoms with E-state index in [2.05, 4.69) is 83.1 Å². The van der Waals surface area contributed by atoms with E-state index >= 15 is 0 Å². The molecule has 0 aromatic rings. The minimum Gasteiger partial charge on any atom is -0.425 e. The van der Waals surface area contributed by atoms with Gasteiger partial charge in [0.05, 0.1) is 0 Å². The molecule has 280 valence electrons. The van der Waals surface area contributed by atoms with Crippen LogP contribution in [-0.2, 0) is 16.5 Å². The van der Waals surface area contributed by atoms with Crippen molar-refractivity contribution in [3.8, 4) is 0 Å². The van der Waals surface area contributed by atoms with Gasteiger partial charge in [0.1, 0.15) is 0 Å². The zero-order valence-corrected chi connectivity index (χ0v) is 38.6. The molecule has 8 heteroatoms. The first-order valence-corrected chi connectivity index (χ1v) is 27.5. The highest BCUT2D eigenvalue weighted by molar-refractivity contribution is 6.88. The van der Waals surface area contributed by atoms with Crippen LogP contribution in [0.1, 0.15) is 160 Å². The van der Waals surface area contributed by atoms with Gasteiger partial charge in [-0.3, -0.25) is 0 Å². The number of hydrogen-bond donors (Lipinski definition) is 0. The van der Waals surface area contributed by atoms with Crippen LogP contribution < -0.4 is 0 Å². The Morgan fingerprint density at radius 1 is 0.417 bits per heavy atom. The molecule has 5 rings (SSSR count). The molecular weight excluding hydrogens is 657 g/mol. The molecule has 0 bridgehead atoms. The molecule has 4 aliphatic carbocycles. The lowest BCUT2D eigenvalue weighted by Crippen LogP contribution is -2.70. The molecule has 0 spiro atoms. The van der Waals surface area contributed by atoms with Crippen LogP contribution in [0.5, 0.6) is 0 Å². The SMILES string of the molecule is CC1CCC(C(C)C)C([Si]2(C3CC(C)CCC3C(C)C)O[SiH2]O[SiH2]O[Si](C3CC(C)CCC3C(C)C)(C3CC(C)CCC3C(C)C)O2)C1. The Morgan fingerprint density at radius 3 is 0.896 bits per heavy atom. The van der Waals surface area contributed by atoms with Crippen LogP contribution in [0.25, 0.3) is 0 Å². The summed E-state index contributed by atoms with van der Waals surface area (Å²) in [5, 5.41) is 0. The molecule has 5 aliphatic rings. The van der Waals surface area contributed by atoms with Crippen molar-refractivity contribution in [2.24, 2.45) is 71.0 Å². The largest absolute Gasteiger partial charge is 0.425 e. The average Bonchev–Trinajstić information content (AvgIpc) is 3.01. The molecule has 12 atom stereocenters. The lowest BCUT2D eigenvalue weighted by atomic mass is 9.76. The van der Waals surface area contributed by atoms with Crippen LogP contribution >= 0.6 is 0 Å². The fraction of sp³-hybridized carbons (Fsp3) is 1.00. The van der Waals surface area contributed by atoms with Gasteiger partial charge in [0.2, 0.25) is 0 Å². The molecular formula is C40H80O4Si4. The Kier molecular flexibility index (Phi) is 14.0. The van der Waals surface area contributed by atoms with Gasteiger partial charge in [-0.25, -0.2) is 0 Å². The summed E-state index contributed by atoms with van der Waals surface area (Å²) in [5.41, 5.74) is 2.23. The van der Waals surface area contributed by atoms with Crippen molar-refractivity contribution >= 4 is 37.1 Å². The summed E-state index contributed by atoms with van der Waals surface area (Å²) in [6.07, 6.45) is 16.0. The van der Waals surface area contributed by atoms with Crippen molar-refractivity contribution in [1.82, 2.24) is 0 Å². The van der Waals surface area contributed by atoms with Gasteiger partial charge in [-0.05, 0) is 122 Å². The van der Waals surface area contributed by atoms with Crippen LogP contribution in [0.4, 0.5) is 0 Å². The lowest BCUT2D eigenvalue weighted by molar-refractivity contribution is 0.108. The van der Waals surface area contributed by atoms with Gasteiger partial charge in [0, 0.05) is 22.2 Å². The van der Waals surface area contributed by atoms with Crippen LogP contribution in [0.3, 0.4) is 0 Å². The van der Waals surface area contributed by atoms with Gasteiger partial charge in [-0.1, -0.05) is 109 Å². The second kappa shape index (κ2) is 16.8. The van der Waals surface area contributed by atoms with Gasteiger partial charge in [-0.2, -0.15) is 0 Å². The minimum atomic E-state index is -2.88. The molecule has 0 radical (unpaired) electrons. The fourth-order valence-corrected chi connectivity index (χ4v) is 34.5. The highest BCUT2D eigenvalue weighted by atomic mass is 28.5. The predicted molar refractivity (Wildman–Crippen MR) is 213 cm³/mol. The summed E-state index contributed by atoms with van der Waals surface area (Å²) in [5.74, 6) is 8.38. The molecule has 1 heterocycles. The van der Waals surface area contributed by atoms with Gasteiger partial charge in [0.25, 0.3) is 20.0 Å². The summed E-state index contributed by atoms with van der Waals surface area (Å²) >= 11 is 0. The van der Waals surface area contributed by atoms with Crippen LogP contribution in [0, 0.1) is 71.0 Å². The Hall–Kier alpha value is 0.708. The quantitative estimate of drug-likeness (QED) is 0.233. The number of hydrogen-bond acceptors (Lipinski definition) is 4. The van der Waals surface area contributed by atoms with Gasteiger partial charge in [0.15, 0.2) is 0 Å². The fourth-order valence-electron chi connectivity index (χ4n) is 12.6. The zero-order valence-electron chi connectivity index (χ0n) is 33.8. The Balaban J connectivity index is 1.79. The molecule has 12 unspecified atom stereocenters. The first kappa shape index (κ1) is 39.9. The Morgan fingerprint density at radius 2 is 0.667 bits per heavy atom. The summed E-state index contributed by atoms with van der Waals surface area (Å²) in [7, 11) is -8.08. The molecule has 4 nitrogen and oxygen atoms in total. The highest BCUT2D eigenvalue weighted by Gasteiger charge is 2.68. The maximum absolute atomic E-state index is 8.96. The standard InChI is InChI=1S/C40H80O4Si4/c1-25(2)33-17-13-29(9)21-37(33)47(38-22-30(10)14-18-34(38)26(3)4)42-45-41-46-43-48(44-47,39-23-31(11)15-19-35(39)27(5)6)40-24-32(12)16-20-36(40)28(7)8/h25-40H,13-24,45-46H2,1-12H3. The van der Waals surface area contributed by atoms with Crippen molar-refractivity contribution in [3.05, 3.63) is 0 Å². The maximum Gasteiger partial charge on any atom is 0.327 e. The van der Waals surface area contributed by atoms with E-state index in [9.17, 15) is 0 Å². The van der Waals surface area contributed by atoms with E-state index in [1.54, 1.807) is 0 Å². The topological polar surface area (TPSA) is 36.9 Å². The van der Waals surface area contributed by atoms with Gasteiger partial charge in [-0.15, -0.1) is 0 Å². The summed E-state index contributed by atoms with van der Waals surface area (Å²) in [6.45, 7) is 30.4. The van der Waals surface area contributed by atoms with Gasteiger partial charge < -0.3 is 16.5 Å². The Bertz CT molecular complexity index is 868. The molecule has 1 aliphatic heterocycles. The monoisotopic (exact) mass is 737 g/mol. The summed E-state index contributed by atoms with van der Waals surface area (Å²) in [6, 6.07) is 0. The van der Waals surface area contributed by atoms with E-state index in [1.165, 1.54) is 77.0 Å². The van der Waals surface area contributed by atoms with E-state index in [-0.39, 0.29) is 0 Å². The molecule has 1 saturated heterocycles. The van der Waals surface area contributed by atoms with Crippen LogP contribution in [0.15, 0.2) is 0 Å². The summed E-state index contributed by atoms with van der Waals surface area (Å²) in [4.78, 5) is 0. The molecule has 5 fully saturated rings. The third-order valence-corrected chi connectivity index (χ3v) is 30.4. The molecule has 48 heavy (non-hydrogen) atoms. The molecule has 0 N–H and O–H groups in total. The van der Waals surface area contributed by atoms with Crippen molar-refractivity contribution in [2.45, 2.75) is 182 Å². The first-order chi connectivity index (χ1) is 22.7. The second-order valence-electron chi connectivity index (χ2n) is 20.0. The number of rotatable bonds is 8. The van der Waals surface area contributed by atoms with Crippen LogP contribution in [-0.4, -0.2) is 37.1 Å². The van der Waals surface area contributed by atoms with E-state index in [4.69, 9.17) is 16.5 Å². The normalized spacial score (nSPS) is 48.0. The zero-order chi connectivity index (χ0) is 35.0. The third-order valence-electron chi connectivity index (χ3n) is 15.2. The average molecular weight is 737 g/mol. The first-order valence-electron chi connectivity index (χ1n) is 21.3. The maximum atomic E-state index is 8.96. The second-order valence-corrected chi connectivity index (χ2v) is 31.1. The van der Waals surface area contributed by atoms with Gasteiger partial charge >= 0.3 is 17.1 Å². The smallest absolute Gasteiger partial charge is 0.327 e. The predicted octanol–water partition coefficient (Wildman–Crippen LogP) is 10.8.